The first-order chi connectivity index (χ1) is 12.3. The molecule has 0 aliphatic rings. The lowest BCUT2D eigenvalue weighted by atomic mass is 10.1. The Kier molecular flexibility index (Phi) is 6.30. The van der Waals surface area contributed by atoms with E-state index in [1.54, 1.807) is 0 Å². The van der Waals surface area contributed by atoms with Gasteiger partial charge >= 0.3 is 5.97 Å². The van der Waals surface area contributed by atoms with E-state index in [0.717, 1.165) is 0 Å². The summed E-state index contributed by atoms with van der Waals surface area (Å²) >= 11 is 5.90. The van der Waals surface area contributed by atoms with Crippen LogP contribution in [0.5, 0.6) is 0 Å². The first-order valence-electron chi connectivity index (χ1n) is 7.56. The van der Waals surface area contributed by atoms with Gasteiger partial charge in [0.25, 0.3) is 0 Å². The quantitative estimate of drug-likeness (QED) is 0.776. The van der Waals surface area contributed by atoms with Crippen LogP contribution in [0, 0.1) is 5.82 Å². The molecule has 0 fully saturated rings. The van der Waals surface area contributed by atoms with Gasteiger partial charge in [-0.3, -0.25) is 9.59 Å². The lowest BCUT2D eigenvalue weighted by Crippen LogP contribution is -2.12. The molecule has 26 heavy (non-hydrogen) atoms. The molecule has 2 rings (SSSR count). The van der Waals surface area contributed by atoms with Crippen molar-refractivity contribution >= 4 is 40.8 Å². The average Bonchev–Trinajstić information content (AvgIpc) is 2.52. The molecule has 2 aromatic rings. The first kappa shape index (κ1) is 19.4. The number of rotatable bonds is 5. The van der Waals surface area contributed by atoms with E-state index in [1.165, 1.54) is 50.2 Å². The molecule has 0 atom stereocenters. The Hall–Kier alpha value is -2.93. The second kappa shape index (κ2) is 8.44. The molecule has 136 valence electrons. The number of nitrogens with one attached hydrogen (secondary N) is 2. The number of benzene rings is 2. The summed E-state index contributed by atoms with van der Waals surface area (Å²) in [6.45, 7) is 2.26. The van der Waals surface area contributed by atoms with Crippen LogP contribution in [0.2, 0.25) is 5.02 Å². The first-order valence-corrected chi connectivity index (χ1v) is 7.94. The van der Waals surface area contributed by atoms with Crippen LogP contribution in [0.25, 0.3) is 0 Å². The third kappa shape index (κ3) is 5.29. The van der Waals surface area contributed by atoms with E-state index in [0.29, 0.717) is 11.4 Å². The molecule has 0 radical (unpaired) electrons. The predicted octanol–water partition coefficient (Wildman–Crippen LogP) is 3.75. The van der Waals surface area contributed by atoms with Gasteiger partial charge in [0.05, 0.1) is 10.6 Å². The Morgan fingerprint density at radius 3 is 2.12 bits per heavy atom. The third-order valence-electron chi connectivity index (χ3n) is 3.22. The summed E-state index contributed by atoms with van der Waals surface area (Å²) in [5.74, 6) is -2.04. The van der Waals surface area contributed by atoms with Crippen molar-refractivity contribution in [2.75, 3.05) is 10.6 Å². The average molecular weight is 379 g/mol. The van der Waals surface area contributed by atoms with Crippen LogP contribution < -0.4 is 10.6 Å². The SMILES string of the molecule is CC(=O)Nc1cc(NC(C)=O)cc(C(=O)OCc2c(F)cccc2Cl)c1. The van der Waals surface area contributed by atoms with Crippen LogP contribution >= 0.6 is 11.6 Å². The fourth-order valence-electron chi connectivity index (χ4n) is 2.19. The van der Waals surface area contributed by atoms with Crippen LogP contribution in [-0.4, -0.2) is 17.8 Å². The van der Waals surface area contributed by atoms with E-state index in [-0.39, 0.29) is 34.6 Å². The van der Waals surface area contributed by atoms with E-state index in [1.807, 2.05) is 0 Å². The van der Waals surface area contributed by atoms with Crippen molar-refractivity contribution in [2.45, 2.75) is 20.5 Å². The number of hydrogen-bond donors (Lipinski definition) is 2. The van der Waals surface area contributed by atoms with Crippen LogP contribution in [0.4, 0.5) is 15.8 Å². The predicted molar refractivity (Wildman–Crippen MR) is 95.6 cm³/mol. The van der Waals surface area contributed by atoms with Gasteiger partial charge in [0.2, 0.25) is 11.8 Å². The van der Waals surface area contributed by atoms with Crippen molar-refractivity contribution in [1.29, 1.82) is 0 Å². The molecule has 0 aliphatic heterocycles. The number of esters is 1. The molecule has 2 amide bonds. The standard InChI is InChI=1S/C18H16ClFN2O4/c1-10(23)21-13-6-12(7-14(8-13)22-11(2)24)18(25)26-9-15-16(19)4-3-5-17(15)20/h3-8H,9H2,1-2H3,(H,21,23)(H,22,24). The summed E-state index contributed by atoms with van der Waals surface area (Å²) in [7, 11) is 0. The molecule has 0 aliphatic carbocycles. The fourth-order valence-corrected chi connectivity index (χ4v) is 2.41. The fraction of sp³-hybridized carbons (Fsp3) is 0.167. The molecule has 0 aromatic heterocycles. The van der Waals surface area contributed by atoms with Crippen LogP contribution in [-0.2, 0) is 20.9 Å². The lowest BCUT2D eigenvalue weighted by Gasteiger charge is -2.11. The van der Waals surface area contributed by atoms with Crippen LogP contribution in [0.3, 0.4) is 0 Å². The molecule has 8 heteroatoms. The zero-order valence-corrected chi connectivity index (χ0v) is 14.8. The van der Waals surface area contributed by atoms with Crippen molar-refractivity contribution in [1.82, 2.24) is 0 Å². The normalized spacial score (nSPS) is 10.2. The minimum absolute atomic E-state index is 0.0580. The van der Waals surface area contributed by atoms with Crippen molar-refractivity contribution in [2.24, 2.45) is 0 Å². The number of carbonyl (C=O) groups excluding carboxylic acids is 3. The zero-order valence-electron chi connectivity index (χ0n) is 14.1. The summed E-state index contributed by atoms with van der Waals surface area (Å²) < 4.78 is 18.9. The van der Waals surface area contributed by atoms with Gasteiger partial charge in [-0.25, -0.2) is 9.18 Å². The monoisotopic (exact) mass is 378 g/mol. The van der Waals surface area contributed by atoms with Gasteiger partial charge in [-0.2, -0.15) is 0 Å². The molecule has 2 N–H and O–H groups in total. The maximum Gasteiger partial charge on any atom is 0.338 e. The van der Waals surface area contributed by atoms with E-state index < -0.39 is 11.8 Å². The molecule has 6 nitrogen and oxygen atoms in total. The van der Waals surface area contributed by atoms with Crippen LogP contribution in [0.15, 0.2) is 36.4 Å². The number of hydrogen-bond acceptors (Lipinski definition) is 4. The Morgan fingerprint density at radius 1 is 1.04 bits per heavy atom. The molecular formula is C18H16ClFN2O4. The minimum atomic E-state index is -0.761. The minimum Gasteiger partial charge on any atom is -0.457 e. The highest BCUT2D eigenvalue weighted by molar-refractivity contribution is 6.31. The maximum atomic E-state index is 13.7. The Bertz CT molecular complexity index is 816. The Labute approximate surface area is 154 Å². The molecule has 0 spiro atoms. The highest BCUT2D eigenvalue weighted by atomic mass is 35.5. The molecule has 2 aromatic carbocycles. The summed E-state index contributed by atoms with van der Waals surface area (Å²) in [5, 5.41) is 5.20. The van der Waals surface area contributed by atoms with Gasteiger partial charge in [-0.05, 0) is 30.3 Å². The summed E-state index contributed by atoms with van der Waals surface area (Å²) in [4.78, 5) is 34.8. The molecule has 0 unspecified atom stereocenters. The largest absolute Gasteiger partial charge is 0.457 e. The van der Waals surface area contributed by atoms with Crippen molar-refractivity contribution in [3.05, 3.63) is 58.4 Å². The van der Waals surface area contributed by atoms with Crippen LogP contribution in [0.1, 0.15) is 29.8 Å². The number of amides is 2. The third-order valence-corrected chi connectivity index (χ3v) is 3.57. The zero-order chi connectivity index (χ0) is 19.3. The number of carbonyl (C=O) groups is 3. The van der Waals surface area contributed by atoms with E-state index in [4.69, 9.17) is 16.3 Å². The molecule has 0 heterocycles. The molecule has 0 bridgehead atoms. The van der Waals surface area contributed by atoms with E-state index >= 15 is 0 Å². The highest BCUT2D eigenvalue weighted by Gasteiger charge is 2.14. The van der Waals surface area contributed by atoms with Gasteiger partial charge < -0.3 is 15.4 Å². The second-order valence-corrected chi connectivity index (χ2v) is 5.84. The number of anilines is 2. The van der Waals surface area contributed by atoms with E-state index in [2.05, 4.69) is 10.6 Å². The summed E-state index contributed by atoms with van der Waals surface area (Å²) in [6.07, 6.45) is 0. The second-order valence-electron chi connectivity index (χ2n) is 5.44. The maximum absolute atomic E-state index is 13.7. The number of halogens is 2. The van der Waals surface area contributed by atoms with Gasteiger partial charge in [-0.15, -0.1) is 0 Å². The topological polar surface area (TPSA) is 84.5 Å². The Morgan fingerprint density at radius 2 is 1.62 bits per heavy atom. The highest BCUT2D eigenvalue weighted by Crippen LogP contribution is 2.23. The van der Waals surface area contributed by atoms with Crippen molar-refractivity contribution in [3.63, 3.8) is 0 Å². The van der Waals surface area contributed by atoms with Gasteiger partial charge in [0, 0.05) is 30.8 Å². The van der Waals surface area contributed by atoms with Crippen molar-refractivity contribution < 1.29 is 23.5 Å². The number of ether oxygens (including phenoxy) is 1. The van der Waals surface area contributed by atoms with Crippen molar-refractivity contribution in [3.8, 4) is 0 Å². The summed E-state index contributed by atoms with van der Waals surface area (Å²) in [5.41, 5.74) is 0.745. The summed E-state index contributed by atoms with van der Waals surface area (Å²) in [6, 6.07) is 8.41. The van der Waals surface area contributed by atoms with Gasteiger partial charge in [0.1, 0.15) is 12.4 Å². The lowest BCUT2D eigenvalue weighted by molar-refractivity contribution is -0.115. The van der Waals surface area contributed by atoms with Gasteiger partial charge in [0.15, 0.2) is 0 Å². The molecule has 0 saturated heterocycles. The van der Waals surface area contributed by atoms with Gasteiger partial charge in [-0.1, -0.05) is 17.7 Å². The smallest absolute Gasteiger partial charge is 0.338 e. The molecular weight excluding hydrogens is 363 g/mol. The molecule has 0 saturated carbocycles. The van der Waals surface area contributed by atoms with E-state index in [9.17, 15) is 18.8 Å². The Balaban J connectivity index is 2.23.